The van der Waals surface area contributed by atoms with Gasteiger partial charge in [-0.1, -0.05) is 12.1 Å². The molecule has 30 heavy (non-hydrogen) atoms. The predicted octanol–water partition coefficient (Wildman–Crippen LogP) is 1.81. The minimum absolute atomic E-state index is 0.0620. The fraction of sp³-hybridized carbons (Fsp3) is 0.333. The monoisotopic (exact) mass is 410 g/mol. The van der Waals surface area contributed by atoms with E-state index < -0.39 is 6.04 Å². The molecule has 1 fully saturated rings. The van der Waals surface area contributed by atoms with Crippen molar-refractivity contribution >= 4 is 11.9 Å². The van der Waals surface area contributed by atoms with Crippen LogP contribution in [0.1, 0.15) is 30.1 Å². The first-order valence-electron chi connectivity index (χ1n) is 9.94. The first-order valence-corrected chi connectivity index (χ1v) is 9.94. The predicted molar refractivity (Wildman–Crippen MR) is 110 cm³/mol. The van der Waals surface area contributed by atoms with Crippen molar-refractivity contribution in [2.24, 2.45) is 0 Å². The van der Waals surface area contributed by atoms with Crippen LogP contribution in [0.2, 0.25) is 0 Å². The Kier molecular flexibility index (Phi) is 5.87. The van der Waals surface area contributed by atoms with E-state index in [1.54, 1.807) is 30.6 Å². The molecule has 1 aliphatic heterocycles. The van der Waals surface area contributed by atoms with Gasteiger partial charge in [-0.25, -0.2) is 9.37 Å². The molecule has 1 aromatic carbocycles. The standard InChI is InChI=1S/C21H23FN6O2/c22-16-6-4-15(5-7-16)18(25-20(30)14-28-11-3-8-23-28)12-17-13-19(29)26-21(24-17)27-9-1-2-10-27/h3-8,11,13,18H,1-2,9-10,12,14H2,(H,25,30)(H,24,26,29). The molecule has 0 bridgehead atoms. The Morgan fingerprint density at radius 1 is 1.23 bits per heavy atom. The lowest BCUT2D eigenvalue weighted by Gasteiger charge is -2.21. The number of benzene rings is 1. The molecule has 3 heterocycles. The van der Waals surface area contributed by atoms with Crippen molar-refractivity contribution in [3.63, 3.8) is 0 Å². The van der Waals surface area contributed by atoms with Gasteiger partial charge in [0.25, 0.3) is 5.56 Å². The third-order valence-electron chi connectivity index (χ3n) is 5.07. The number of carbonyl (C=O) groups excluding carboxylic acids is 1. The lowest BCUT2D eigenvalue weighted by Crippen LogP contribution is -2.33. The van der Waals surface area contributed by atoms with E-state index in [0.29, 0.717) is 18.1 Å². The van der Waals surface area contributed by atoms with Gasteiger partial charge in [-0.3, -0.25) is 19.3 Å². The van der Waals surface area contributed by atoms with Crippen LogP contribution in [0.3, 0.4) is 0 Å². The highest BCUT2D eigenvalue weighted by Gasteiger charge is 2.20. The largest absolute Gasteiger partial charge is 0.347 e. The van der Waals surface area contributed by atoms with Gasteiger partial charge in [-0.15, -0.1) is 0 Å². The molecule has 9 heteroatoms. The minimum Gasteiger partial charge on any atom is -0.347 e. The number of hydrogen-bond acceptors (Lipinski definition) is 5. The van der Waals surface area contributed by atoms with Crippen LogP contribution >= 0.6 is 0 Å². The SMILES string of the molecule is O=C(Cn1cccn1)NC(Cc1cc(=O)[nH]c(N2CCCC2)n1)c1ccc(F)cc1. The fourth-order valence-corrected chi connectivity index (χ4v) is 3.61. The Hall–Kier alpha value is -3.49. The Morgan fingerprint density at radius 3 is 2.70 bits per heavy atom. The average Bonchev–Trinajstić information content (AvgIpc) is 3.42. The van der Waals surface area contributed by atoms with Gasteiger partial charge in [-0.2, -0.15) is 5.10 Å². The van der Waals surface area contributed by atoms with Crippen molar-refractivity contribution < 1.29 is 9.18 Å². The molecular weight excluding hydrogens is 387 g/mol. The fourth-order valence-electron chi connectivity index (χ4n) is 3.61. The van der Waals surface area contributed by atoms with Gasteiger partial charge >= 0.3 is 0 Å². The first-order chi connectivity index (χ1) is 14.6. The number of halogens is 1. The summed E-state index contributed by atoms with van der Waals surface area (Å²) in [6, 6.07) is 8.67. The smallest absolute Gasteiger partial charge is 0.252 e. The van der Waals surface area contributed by atoms with E-state index in [4.69, 9.17) is 0 Å². The number of nitrogens with one attached hydrogen (secondary N) is 2. The summed E-state index contributed by atoms with van der Waals surface area (Å²) in [5.41, 5.74) is 1.06. The second-order valence-corrected chi connectivity index (χ2v) is 7.33. The maximum absolute atomic E-state index is 13.4. The highest BCUT2D eigenvalue weighted by Crippen LogP contribution is 2.20. The van der Waals surface area contributed by atoms with Crippen molar-refractivity contribution in [1.29, 1.82) is 0 Å². The third kappa shape index (κ3) is 4.91. The van der Waals surface area contributed by atoms with Crippen LogP contribution in [-0.4, -0.2) is 38.7 Å². The highest BCUT2D eigenvalue weighted by molar-refractivity contribution is 5.76. The zero-order valence-electron chi connectivity index (χ0n) is 16.4. The van der Waals surface area contributed by atoms with E-state index >= 15 is 0 Å². The maximum atomic E-state index is 13.4. The third-order valence-corrected chi connectivity index (χ3v) is 5.07. The quantitative estimate of drug-likeness (QED) is 0.619. The molecule has 0 radical (unpaired) electrons. The molecule has 2 N–H and O–H groups in total. The van der Waals surface area contributed by atoms with Crippen LogP contribution in [0.15, 0.2) is 53.6 Å². The number of aromatic nitrogens is 4. The number of anilines is 1. The number of hydrogen-bond donors (Lipinski definition) is 2. The molecule has 0 aliphatic carbocycles. The lowest BCUT2D eigenvalue weighted by molar-refractivity contribution is -0.122. The van der Waals surface area contributed by atoms with Crippen molar-refractivity contribution in [3.05, 3.63) is 76.2 Å². The number of H-pyrrole nitrogens is 1. The summed E-state index contributed by atoms with van der Waals surface area (Å²) in [5.74, 6) is -0.0423. The van der Waals surface area contributed by atoms with Crippen molar-refractivity contribution in [1.82, 2.24) is 25.1 Å². The lowest BCUT2D eigenvalue weighted by atomic mass is 10.0. The van der Waals surface area contributed by atoms with Gasteiger partial charge in [0.15, 0.2) is 0 Å². The van der Waals surface area contributed by atoms with Gasteiger partial charge in [0.2, 0.25) is 11.9 Å². The molecule has 2 aromatic heterocycles. The molecule has 156 valence electrons. The van der Waals surface area contributed by atoms with Crippen LogP contribution in [-0.2, 0) is 17.8 Å². The second-order valence-electron chi connectivity index (χ2n) is 7.33. The van der Waals surface area contributed by atoms with E-state index in [9.17, 15) is 14.0 Å². The summed E-state index contributed by atoms with van der Waals surface area (Å²) in [6.45, 7) is 1.77. The molecule has 1 aliphatic rings. The minimum atomic E-state index is -0.464. The van der Waals surface area contributed by atoms with Gasteiger partial charge in [-0.05, 0) is 36.6 Å². The van der Waals surface area contributed by atoms with Crippen LogP contribution in [0.5, 0.6) is 0 Å². The van der Waals surface area contributed by atoms with Crippen molar-refractivity contribution in [3.8, 4) is 0 Å². The molecule has 1 atom stereocenters. The van der Waals surface area contributed by atoms with Crippen molar-refractivity contribution in [2.75, 3.05) is 18.0 Å². The summed E-state index contributed by atoms with van der Waals surface area (Å²) in [5, 5.41) is 7.00. The van der Waals surface area contributed by atoms with Crippen LogP contribution in [0.4, 0.5) is 10.3 Å². The zero-order valence-corrected chi connectivity index (χ0v) is 16.4. The Bertz CT molecular complexity index is 1040. The van der Waals surface area contributed by atoms with E-state index in [0.717, 1.165) is 31.5 Å². The van der Waals surface area contributed by atoms with Gasteiger partial charge in [0, 0.05) is 38.0 Å². The number of rotatable bonds is 7. The van der Waals surface area contributed by atoms with E-state index in [1.165, 1.54) is 22.9 Å². The molecule has 0 saturated carbocycles. The van der Waals surface area contributed by atoms with Gasteiger partial charge in [0.1, 0.15) is 12.4 Å². The van der Waals surface area contributed by atoms with E-state index in [1.807, 2.05) is 4.90 Å². The number of nitrogens with zero attached hydrogens (tertiary/aromatic N) is 4. The van der Waals surface area contributed by atoms with E-state index in [2.05, 4.69) is 20.4 Å². The number of carbonyl (C=O) groups is 1. The van der Waals surface area contributed by atoms with Gasteiger partial charge < -0.3 is 10.2 Å². The molecule has 1 saturated heterocycles. The molecule has 4 rings (SSSR count). The molecule has 1 amide bonds. The second kappa shape index (κ2) is 8.89. The van der Waals surface area contributed by atoms with Gasteiger partial charge in [0.05, 0.1) is 11.7 Å². The number of aromatic amines is 1. The maximum Gasteiger partial charge on any atom is 0.252 e. The summed E-state index contributed by atoms with van der Waals surface area (Å²) in [6.07, 6.45) is 5.74. The number of amides is 1. The van der Waals surface area contributed by atoms with Crippen molar-refractivity contribution in [2.45, 2.75) is 31.8 Å². The molecule has 1 unspecified atom stereocenters. The molecule has 3 aromatic rings. The Labute approximate surface area is 172 Å². The molecular formula is C21H23FN6O2. The first kappa shape index (κ1) is 19.8. The summed E-state index contributed by atoms with van der Waals surface area (Å²) in [7, 11) is 0. The highest BCUT2D eigenvalue weighted by atomic mass is 19.1. The summed E-state index contributed by atoms with van der Waals surface area (Å²) < 4.78 is 14.9. The van der Waals surface area contributed by atoms with Crippen LogP contribution in [0, 0.1) is 5.82 Å². The zero-order chi connectivity index (χ0) is 20.9. The summed E-state index contributed by atoms with van der Waals surface area (Å²) >= 11 is 0. The van der Waals surface area contributed by atoms with E-state index in [-0.39, 0.29) is 23.8 Å². The van der Waals surface area contributed by atoms with Crippen LogP contribution < -0.4 is 15.8 Å². The summed E-state index contributed by atoms with van der Waals surface area (Å²) in [4.78, 5) is 34.2. The average molecular weight is 410 g/mol. The van der Waals surface area contributed by atoms with Crippen LogP contribution in [0.25, 0.3) is 0 Å². The topological polar surface area (TPSA) is 95.9 Å². The Balaban J connectivity index is 1.57. The Morgan fingerprint density at radius 2 is 2.00 bits per heavy atom. The molecule has 0 spiro atoms. The molecule has 8 nitrogen and oxygen atoms in total. The normalized spacial score (nSPS) is 14.6.